The topological polar surface area (TPSA) is 65.0 Å². The second kappa shape index (κ2) is 15.4. The van der Waals surface area contributed by atoms with Crippen LogP contribution in [0.25, 0.3) is 0 Å². The van der Waals surface area contributed by atoms with Crippen LogP contribution in [-0.4, -0.2) is 48.4 Å². The predicted octanol–water partition coefficient (Wildman–Crippen LogP) is 6.34. The molecule has 34 heavy (non-hydrogen) atoms. The number of thiol groups is 1. The zero-order valence-corrected chi connectivity index (χ0v) is 22.8. The first-order chi connectivity index (χ1) is 16.3. The summed E-state index contributed by atoms with van der Waals surface area (Å²) < 4.78 is 18.3. The van der Waals surface area contributed by atoms with Gasteiger partial charge in [0.15, 0.2) is 0 Å². The summed E-state index contributed by atoms with van der Waals surface area (Å²) in [5.74, 6) is 2.67. The van der Waals surface area contributed by atoms with E-state index in [-0.39, 0.29) is 11.2 Å². The van der Waals surface area contributed by atoms with Gasteiger partial charge < -0.3 is 19.3 Å². The third kappa shape index (κ3) is 9.73. The zero-order valence-electron chi connectivity index (χ0n) is 21.9. The van der Waals surface area contributed by atoms with Crippen molar-refractivity contribution in [3.05, 3.63) is 12.3 Å². The Bertz CT molecular complexity index is 594. The highest BCUT2D eigenvalue weighted by atomic mass is 32.1. The van der Waals surface area contributed by atoms with Crippen molar-refractivity contribution in [1.29, 1.82) is 0 Å². The maximum atomic E-state index is 11.8. The maximum Gasteiger partial charge on any atom is 0.306 e. The van der Waals surface area contributed by atoms with Gasteiger partial charge in [-0.3, -0.25) is 4.79 Å². The third-order valence-corrected chi connectivity index (χ3v) is 8.14. The molecule has 2 aliphatic carbocycles. The van der Waals surface area contributed by atoms with Gasteiger partial charge in [-0.15, -0.1) is 0 Å². The van der Waals surface area contributed by atoms with E-state index in [0.29, 0.717) is 49.9 Å². The van der Waals surface area contributed by atoms with Crippen molar-refractivity contribution in [2.24, 2.45) is 23.7 Å². The number of esters is 1. The Morgan fingerprint density at radius 3 is 1.91 bits per heavy atom. The van der Waals surface area contributed by atoms with Crippen molar-refractivity contribution < 1.29 is 24.1 Å². The number of carbonyl (C=O) groups is 1. The summed E-state index contributed by atoms with van der Waals surface area (Å²) in [7, 11) is 0. The zero-order chi connectivity index (χ0) is 25.0. The monoisotopic (exact) mass is 498 g/mol. The van der Waals surface area contributed by atoms with Crippen molar-refractivity contribution in [3.8, 4) is 0 Å². The molecule has 1 unspecified atom stereocenters. The molecule has 2 fully saturated rings. The smallest absolute Gasteiger partial charge is 0.306 e. The first-order valence-corrected chi connectivity index (χ1v) is 14.2. The van der Waals surface area contributed by atoms with Crippen LogP contribution in [0.15, 0.2) is 12.3 Å². The Balaban J connectivity index is 1.76. The number of ether oxygens (including phenoxy) is 3. The predicted molar refractivity (Wildman–Crippen MR) is 141 cm³/mol. The number of hydrogen-bond donors (Lipinski definition) is 2. The Kier molecular flexibility index (Phi) is 13.4. The summed E-state index contributed by atoms with van der Waals surface area (Å²) in [4.78, 5) is 11.8. The van der Waals surface area contributed by atoms with Crippen LogP contribution >= 0.6 is 12.6 Å². The van der Waals surface area contributed by atoms with Crippen LogP contribution in [0.4, 0.5) is 0 Å². The number of aliphatic hydroxyl groups excluding tert-OH is 1. The number of rotatable bonds is 15. The van der Waals surface area contributed by atoms with Crippen molar-refractivity contribution in [2.45, 2.75) is 109 Å². The molecule has 6 heteroatoms. The molecule has 0 spiro atoms. The second-order valence-electron chi connectivity index (χ2n) is 10.8. The quantitative estimate of drug-likeness (QED) is 0.157. The van der Waals surface area contributed by atoms with Gasteiger partial charge in [0.25, 0.3) is 0 Å². The number of carbonyl (C=O) groups excluding carboxylic acids is 1. The molecule has 0 radical (unpaired) electrons. The lowest BCUT2D eigenvalue weighted by Crippen LogP contribution is -2.38. The molecule has 2 rings (SSSR count). The van der Waals surface area contributed by atoms with Crippen molar-refractivity contribution in [2.75, 3.05) is 26.4 Å². The normalized spacial score (nSPS) is 28.0. The molecular formula is C28H50O5S. The molecular weight excluding hydrogens is 448 g/mol. The lowest BCUT2D eigenvalue weighted by atomic mass is 9.82. The van der Waals surface area contributed by atoms with Gasteiger partial charge in [0.1, 0.15) is 11.4 Å². The molecule has 2 aliphatic rings. The molecule has 2 atom stereocenters. The van der Waals surface area contributed by atoms with Gasteiger partial charge in [0.05, 0.1) is 26.2 Å². The summed E-state index contributed by atoms with van der Waals surface area (Å²) in [5, 5.41) is 9.41. The fraction of sp³-hybridized carbons (Fsp3) is 0.893. The van der Waals surface area contributed by atoms with Gasteiger partial charge >= 0.3 is 5.97 Å². The average Bonchev–Trinajstić information content (AvgIpc) is 2.84. The van der Waals surface area contributed by atoms with E-state index in [1.165, 1.54) is 0 Å². The molecule has 0 aromatic carbocycles. The van der Waals surface area contributed by atoms with Crippen LogP contribution in [0.2, 0.25) is 0 Å². The minimum Gasteiger partial charge on any atom is -0.495 e. The Hall–Kier alpha value is -0.720. The first-order valence-electron chi connectivity index (χ1n) is 13.7. The highest BCUT2D eigenvalue weighted by Gasteiger charge is 2.35. The molecule has 0 aliphatic heterocycles. The van der Waals surface area contributed by atoms with Crippen LogP contribution in [0.1, 0.15) is 97.8 Å². The molecule has 0 bridgehead atoms. The fourth-order valence-electron chi connectivity index (χ4n) is 5.46. The lowest BCUT2D eigenvalue weighted by Gasteiger charge is -2.38. The largest absolute Gasteiger partial charge is 0.495 e. The highest BCUT2D eigenvalue weighted by molar-refractivity contribution is 7.80. The van der Waals surface area contributed by atoms with E-state index >= 15 is 0 Å². The summed E-state index contributed by atoms with van der Waals surface area (Å²) in [6, 6.07) is 0. The fourth-order valence-corrected chi connectivity index (χ4v) is 5.60. The van der Waals surface area contributed by atoms with Crippen LogP contribution in [-0.2, 0) is 19.0 Å². The molecule has 0 heterocycles. The Morgan fingerprint density at radius 1 is 0.941 bits per heavy atom. The average molecular weight is 499 g/mol. The van der Waals surface area contributed by atoms with Crippen LogP contribution < -0.4 is 0 Å². The van der Waals surface area contributed by atoms with E-state index in [2.05, 4.69) is 33.1 Å². The van der Waals surface area contributed by atoms with Gasteiger partial charge in [-0.1, -0.05) is 33.8 Å². The molecule has 0 aromatic heterocycles. The second-order valence-corrected chi connectivity index (χ2v) is 11.7. The third-order valence-electron chi connectivity index (χ3n) is 7.95. The van der Waals surface area contributed by atoms with E-state index in [1.807, 2.05) is 6.92 Å². The van der Waals surface area contributed by atoms with E-state index < -0.39 is 5.60 Å². The van der Waals surface area contributed by atoms with Gasteiger partial charge in [0.2, 0.25) is 0 Å². The SMILES string of the molecule is C=C(OCC1CCC(CO)CC1)[C@@](CC)(CCC)OCC1CCC(COC(=O)CC(C)S)CC1. The minimum absolute atomic E-state index is 0.0438. The van der Waals surface area contributed by atoms with Gasteiger partial charge in [-0.25, -0.2) is 0 Å². The molecule has 0 amide bonds. The number of hydrogen-bond acceptors (Lipinski definition) is 6. The molecule has 2 saturated carbocycles. The standard InChI is InChI=1S/C28H50O5S/c1-5-15-28(6-2,22(4)31-18-24-9-7-23(17-29)8-10-24)33-20-26-13-11-25(12-14-26)19-32-27(30)16-21(3)34/h21,23-26,29,34H,4-20H2,1-3H3/t21?,23?,24?,25?,26?,28-/m1/s1. The number of aliphatic hydroxyl groups is 1. The van der Waals surface area contributed by atoms with Crippen molar-refractivity contribution in [1.82, 2.24) is 0 Å². The van der Waals surface area contributed by atoms with Gasteiger partial charge in [-0.05, 0) is 87.9 Å². The molecule has 0 aromatic rings. The van der Waals surface area contributed by atoms with E-state index in [4.69, 9.17) is 14.2 Å². The first kappa shape index (κ1) is 29.5. The van der Waals surface area contributed by atoms with E-state index in [1.54, 1.807) is 0 Å². The van der Waals surface area contributed by atoms with Crippen molar-refractivity contribution >= 4 is 18.6 Å². The van der Waals surface area contributed by atoms with Crippen LogP contribution in [0.5, 0.6) is 0 Å². The van der Waals surface area contributed by atoms with Gasteiger partial charge in [-0.2, -0.15) is 12.6 Å². The summed E-state index contributed by atoms with van der Waals surface area (Å²) >= 11 is 4.26. The van der Waals surface area contributed by atoms with Crippen molar-refractivity contribution in [3.63, 3.8) is 0 Å². The van der Waals surface area contributed by atoms with Crippen LogP contribution in [0.3, 0.4) is 0 Å². The lowest BCUT2D eigenvalue weighted by molar-refractivity contribution is -0.145. The molecule has 1 N–H and O–H groups in total. The summed E-state index contributed by atoms with van der Waals surface area (Å²) in [6.45, 7) is 12.9. The van der Waals surface area contributed by atoms with E-state index in [0.717, 1.165) is 83.0 Å². The maximum absolute atomic E-state index is 11.8. The molecule has 0 saturated heterocycles. The Labute approximate surface area is 213 Å². The molecule has 198 valence electrons. The highest BCUT2D eigenvalue weighted by Crippen LogP contribution is 2.36. The van der Waals surface area contributed by atoms with Crippen LogP contribution in [0, 0.1) is 23.7 Å². The molecule has 5 nitrogen and oxygen atoms in total. The Morgan fingerprint density at radius 2 is 1.44 bits per heavy atom. The summed E-state index contributed by atoms with van der Waals surface area (Å²) in [5.41, 5.74) is -0.410. The van der Waals surface area contributed by atoms with E-state index in [9.17, 15) is 9.90 Å². The summed E-state index contributed by atoms with van der Waals surface area (Å²) in [6.07, 6.45) is 12.0. The van der Waals surface area contributed by atoms with Gasteiger partial charge in [0, 0.05) is 11.9 Å². The minimum atomic E-state index is -0.410.